The minimum atomic E-state index is -0.337. The number of amides is 3. The third kappa shape index (κ3) is 7.79. The second-order valence-corrected chi connectivity index (χ2v) is 10.2. The van der Waals surface area contributed by atoms with Gasteiger partial charge in [0.25, 0.3) is 5.91 Å². The van der Waals surface area contributed by atoms with Crippen LogP contribution in [0.15, 0.2) is 22.9 Å². The van der Waals surface area contributed by atoms with Crippen LogP contribution in [0.1, 0.15) is 47.7 Å². The van der Waals surface area contributed by atoms with Gasteiger partial charge in [0.1, 0.15) is 10.3 Å². The average Bonchev–Trinajstić information content (AvgIpc) is 3.35. The van der Waals surface area contributed by atoms with Crippen molar-refractivity contribution in [1.82, 2.24) is 25.6 Å². The predicted molar refractivity (Wildman–Crippen MR) is 140 cm³/mol. The molecule has 0 radical (unpaired) electrons. The number of likely N-dealkylation sites (tertiary alicyclic amines) is 1. The lowest BCUT2D eigenvalue weighted by molar-refractivity contribution is 0.0451. The van der Waals surface area contributed by atoms with Crippen LogP contribution in [0.5, 0.6) is 0 Å². The Morgan fingerprint density at radius 2 is 2.14 bits per heavy atom. The highest BCUT2D eigenvalue weighted by Crippen LogP contribution is 2.23. The van der Waals surface area contributed by atoms with E-state index in [-0.39, 0.29) is 40.9 Å². The lowest BCUT2D eigenvalue weighted by Gasteiger charge is -2.40. The molecule has 0 saturated carbocycles. The van der Waals surface area contributed by atoms with Crippen LogP contribution in [-0.2, 0) is 11.4 Å². The minimum absolute atomic E-state index is 0.0567. The molecule has 0 spiro atoms. The number of hydrogen-bond acceptors (Lipinski definition) is 7. The number of piperidine rings is 1. The zero-order chi connectivity index (χ0) is 26.1. The number of aryl methyl sites for hydroxylation is 1. The van der Waals surface area contributed by atoms with E-state index in [0.717, 1.165) is 37.9 Å². The highest BCUT2D eigenvalue weighted by Gasteiger charge is 2.30. The zero-order valence-electron chi connectivity index (χ0n) is 20.3. The summed E-state index contributed by atoms with van der Waals surface area (Å²) in [5, 5.41) is 16.0. The summed E-state index contributed by atoms with van der Waals surface area (Å²) in [6.45, 7) is 6.36. The van der Waals surface area contributed by atoms with Crippen molar-refractivity contribution in [2.24, 2.45) is 0 Å². The van der Waals surface area contributed by atoms with Crippen molar-refractivity contribution in [2.45, 2.75) is 51.7 Å². The van der Waals surface area contributed by atoms with Gasteiger partial charge in [-0.25, -0.2) is 15.3 Å². The van der Waals surface area contributed by atoms with Crippen LogP contribution in [0.3, 0.4) is 0 Å². The molecule has 2 aromatic rings. The van der Waals surface area contributed by atoms with Gasteiger partial charge < -0.3 is 15.1 Å². The van der Waals surface area contributed by atoms with Gasteiger partial charge in [0.15, 0.2) is 6.61 Å². The van der Waals surface area contributed by atoms with E-state index in [1.54, 1.807) is 29.2 Å². The molecule has 3 amide bonds. The third-order valence-electron chi connectivity index (χ3n) is 6.27. The standard InChI is InChI=1S/C24H30Cl2N6O3S/c1-16-13-20(25)29-22(26)21(16)23(33)28-8-3-17(2)31-9-4-19(5-10-31)32(14-18-6-12-36-15-18)24(34)30-35-11-7-27/h6,12-13,15,17,19H,3-5,8-11,14H2,1-2H3,(H,28,33)(H,30,34). The van der Waals surface area contributed by atoms with Crippen molar-refractivity contribution >= 4 is 46.5 Å². The number of urea groups is 1. The molecule has 1 aliphatic rings. The molecule has 0 aromatic carbocycles. The quantitative estimate of drug-likeness (QED) is 0.257. The molecule has 0 bridgehead atoms. The highest BCUT2D eigenvalue weighted by atomic mass is 35.5. The smallest absolute Gasteiger partial charge is 0.341 e. The number of nitriles is 1. The van der Waals surface area contributed by atoms with E-state index in [4.69, 9.17) is 33.3 Å². The maximum atomic E-state index is 12.8. The van der Waals surface area contributed by atoms with Crippen LogP contribution >= 0.6 is 34.5 Å². The highest BCUT2D eigenvalue weighted by molar-refractivity contribution is 7.07. The molecular formula is C24H30Cl2N6O3S. The van der Waals surface area contributed by atoms with Crippen LogP contribution in [0.25, 0.3) is 0 Å². The van der Waals surface area contributed by atoms with E-state index < -0.39 is 0 Å². The van der Waals surface area contributed by atoms with Gasteiger partial charge in [0.2, 0.25) is 0 Å². The molecule has 9 nitrogen and oxygen atoms in total. The largest absolute Gasteiger partial charge is 0.352 e. The first-order valence-electron chi connectivity index (χ1n) is 11.7. The van der Waals surface area contributed by atoms with Crippen molar-refractivity contribution in [3.8, 4) is 6.07 Å². The zero-order valence-corrected chi connectivity index (χ0v) is 22.6. The number of hydroxylamine groups is 1. The first-order valence-corrected chi connectivity index (χ1v) is 13.4. The lowest BCUT2D eigenvalue weighted by Crippen LogP contribution is -2.51. The molecular weight excluding hydrogens is 523 g/mol. The van der Waals surface area contributed by atoms with Crippen molar-refractivity contribution in [2.75, 3.05) is 26.2 Å². The fraction of sp³-hybridized carbons (Fsp3) is 0.500. The van der Waals surface area contributed by atoms with Gasteiger partial charge in [-0.3, -0.25) is 9.63 Å². The van der Waals surface area contributed by atoms with Gasteiger partial charge in [-0.2, -0.15) is 16.6 Å². The van der Waals surface area contributed by atoms with E-state index in [0.29, 0.717) is 24.2 Å². The van der Waals surface area contributed by atoms with Crippen LogP contribution in [0.4, 0.5) is 4.79 Å². The minimum Gasteiger partial charge on any atom is -0.352 e. The Kier molecular flexibility index (Phi) is 10.8. The number of nitrogens with one attached hydrogen (secondary N) is 2. The van der Waals surface area contributed by atoms with E-state index >= 15 is 0 Å². The molecule has 12 heteroatoms. The third-order valence-corrected chi connectivity index (χ3v) is 7.47. The number of rotatable bonds is 10. The molecule has 1 atom stereocenters. The average molecular weight is 554 g/mol. The van der Waals surface area contributed by atoms with Crippen molar-refractivity contribution in [3.63, 3.8) is 0 Å². The number of halogens is 2. The molecule has 1 unspecified atom stereocenters. The summed E-state index contributed by atoms with van der Waals surface area (Å²) in [7, 11) is 0. The van der Waals surface area contributed by atoms with Gasteiger partial charge in [-0.1, -0.05) is 23.2 Å². The Morgan fingerprint density at radius 1 is 1.39 bits per heavy atom. The van der Waals surface area contributed by atoms with Crippen LogP contribution < -0.4 is 10.8 Å². The number of carbonyl (C=O) groups excluding carboxylic acids is 2. The van der Waals surface area contributed by atoms with Gasteiger partial charge >= 0.3 is 6.03 Å². The first-order chi connectivity index (χ1) is 17.3. The monoisotopic (exact) mass is 552 g/mol. The molecule has 2 aromatic heterocycles. The second kappa shape index (κ2) is 13.8. The first kappa shape index (κ1) is 28.2. The molecule has 3 rings (SSSR count). The van der Waals surface area contributed by atoms with Gasteiger partial charge in [-0.05, 0) is 67.1 Å². The normalized spacial score (nSPS) is 15.2. The maximum absolute atomic E-state index is 12.8. The maximum Gasteiger partial charge on any atom is 0.341 e. The molecule has 1 aliphatic heterocycles. The lowest BCUT2D eigenvalue weighted by atomic mass is 10.0. The predicted octanol–water partition coefficient (Wildman–Crippen LogP) is 4.40. The summed E-state index contributed by atoms with van der Waals surface area (Å²) in [6, 6.07) is 5.44. The fourth-order valence-corrected chi connectivity index (χ4v) is 5.58. The van der Waals surface area contributed by atoms with Gasteiger partial charge in [0, 0.05) is 38.3 Å². The van der Waals surface area contributed by atoms with Crippen LogP contribution in [-0.4, -0.2) is 65.0 Å². The number of thiophene rings is 1. The number of aromatic nitrogens is 1. The molecule has 36 heavy (non-hydrogen) atoms. The van der Waals surface area contributed by atoms with E-state index in [1.807, 2.05) is 22.9 Å². The number of pyridine rings is 1. The molecule has 2 N–H and O–H groups in total. The number of carbonyl (C=O) groups is 2. The van der Waals surface area contributed by atoms with Crippen molar-refractivity contribution < 1.29 is 14.4 Å². The summed E-state index contributed by atoms with van der Waals surface area (Å²) < 4.78 is 0. The molecule has 194 valence electrons. The Balaban J connectivity index is 1.49. The van der Waals surface area contributed by atoms with Gasteiger partial charge in [-0.15, -0.1) is 0 Å². The Bertz CT molecular complexity index is 1050. The molecule has 0 aliphatic carbocycles. The topological polar surface area (TPSA) is 111 Å². The SMILES string of the molecule is Cc1cc(Cl)nc(Cl)c1C(=O)NCCC(C)N1CCC(N(Cc2ccsc2)C(=O)NOCC#N)CC1. The summed E-state index contributed by atoms with van der Waals surface area (Å²) >= 11 is 13.6. The number of nitrogens with zero attached hydrogens (tertiary/aromatic N) is 4. The number of hydrogen-bond donors (Lipinski definition) is 2. The van der Waals surface area contributed by atoms with Crippen molar-refractivity contribution in [1.29, 1.82) is 5.26 Å². The Labute approximate surface area is 225 Å². The summed E-state index contributed by atoms with van der Waals surface area (Å²) in [6.07, 6.45) is 2.41. The van der Waals surface area contributed by atoms with Crippen LogP contribution in [0.2, 0.25) is 10.3 Å². The van der Waals surface area contributed by atoms with Crippen molar-refractivity contribution in [3.05, 3.63) is 49.9 Å². The Hall–Kier alpha value is -2.42. The summed E-state index contributed by atoms with van der Waals surface area (Å²) in [5.74, 6) is -0.263. The Morgan fingerprint density at radius 3 is 2.78 bits per heavy atom. The van der Waals surface area contributed by atoms with E-state index in [9.17, 15) is 9.59 Å². The molecule has 3 heterocycles. The second-order valence-electron chi connectivity index (χ2n) is 8.70. The molecule has 1 saturated heterocycles. The van der Waals surface area contributed by atoms with Crippen LogP contribution in [0, 0.1) is 18.3 Å². The van der Waals surface area contributed by atoms with Gasteiger partial charge in [0.05, 0.1) is 11.6 Å². The summed E-state index contributed by atoms with van der Waals surface area (Å²) in [5.41, 5.74) is 4.47. The molecule has 1 fully saturated rings. The fourth-order valence-electron chi connectivity index (χ4n) is 4.31. The van der Waals surface area contributed by atoms with E-state index in [1.165, 1.54) is 0 Å². The summed E-state index contributed by atoms with van der Waals surface area (Å²) in [4.78, 5) is 38.4. The van der Waals surface area contributed by atoms with E-state index in [2.05, 4.69) is 27.6 Å².